The fourth-order valence-electron chi connectivity index (χ4n) is 2.96. The Morgan fingerprint density at radius 2 is 2.04 bits per heavy atom. The largest absolute Gasteiger partial charge is 0.485 e. The average molecular weight is 349 g/mol. The zero-order valence-electron chi connectivity index (χ0n) is 14.4. The molecule has 0 spiro atoms. The molecule has 1 amide bonds. The zero-order chi connectivity index (χ0) is 17.9. The van der Waals surface area contributed by atoms with Crippen LogP contribution in [0, 0.1) is 0 Å². The molecule has 0 N–H and O–H groups in total. The monoisotopic (exact) mass is 349 g/mol. The van der Waals surface area contributed by atoms with E-state index in [1.165, 1.54) is 0 Å². The molecule has 0 bridgehead atoms. The summed E-state index contributed by atoms with van der Waals surface area (Å²) in [6.07, 6.45) is 2.99. The van der Waals surface area contributed by atoms with Crippen LogP contribution in [0.1, 0.15) is 5.56 Å². The molecule has 0 saturated heterocycles. The molecule has 6 heteroatoms. The number of para-hydroxylation sites is 2. The summed E-state index contributed by atoms with van der Waals surface area (Å²) in [5.74, 6) is 1.17. The normalized spacial score (nSPS) is 15.5. The predicted molar refractivity (Wildman–Crippen MR) is 96.4 cm³/mol. The lowest BCUT2D eigenvalue weighted by atomic mass is 10.1. The van der Waals surface area contributed by atoms with Crippen molar-refractivity contribution in [3.8, 4) is 17.2 Å². The molecule has 1 aliphatic heterocycles. The second-order valence-corrected chi connectivity index (χ2v) is 6.18. The third-order valence-electron chi connectivity index (χ3n) is 4.26. The van der Waals surface area contributed by atoms with E-state index in [1.807, 2.05) is 60.8 Å². The Bertz CT molecular complexity index is 908. The fourth-order valence-corrected chi connectivity index (χ4v) is 2.96. The van der Waals surface area contributed by atoms with E-state index in [4.69, 9.17) is 9.47 Å². The first-order valence-electron chi connectivity index (χ1n) is 8.43. The molecule has 1 atom stereocenters. The van der Waals surface area contributed by atoms with Crippen molar-refractivity contribution in [3.63, 3.8) is 0 Å². The lowest BCUT2D eigenvalue weighted by Gasteiger charge is -2.29. The minimum Gasteiger partial charge on any atom is -0.485 e. The minimum atomic E-state index is -0.635. The van der Waals surface area contributed by atoms with Gasteiger partial charge in [-0.3, -0.25) is 4.79 Å². The maximum atomic E-state index is 12.7. The van der Waals surface area contributed by atoms with Gasteiger partial charge >= 0.3 is 0 Å². The first-order chi connectivity index (χ1) is 12.7. The predicted octanol–water partition coefficient (Wildman–Crippen LogP) is 2.67. The molecular weight excluding hydrogens is 330 g/mol. The van der Waals surface area contributed by atoms with Crippen LogP contribution in [0.4, 0.5) is 0 Å². The van der Waals surface area contributed by atoms with Gasteiger partial charge in [-0.25, -0.2) is 4.68 Å². The number of aromatic nitrogens is 2. The van der Waals surface area contributed by atoms with Crippen LogP contribution in [-0.4, -0.2) is 40.3 Å². The van der Waals surface area contributed by atoms with E-state index in [1.54, 1.807) is 22.8 Å². The Kier molecular flexibility index (Phi) is 4.31. The highest BCUT2D eigenvalue weighted by Gasteiger charge is 2.29. The quantitative estimate of drug-likeness (QED) is 0.727. The van der Waals surface area contributed by atoms with Crippen LogP contribution in [0.25, 0.3) is 5.69 Å². The summed E-state index contributed by atoms with van der Waals surface area (Å²) in [6.45, 7) is 0.697. The van der Waals surface area contributed by atoms with Gasteiger partial charge in [0, 0.05) is 26.0 Å². The van der Waals surface area contributed by atoms with Crippen molar-refractivity contribution in [2.24, 2.45) is 0 Å². The lowest BCUT2D eigenvalue weighted by molar-refractivity contribution is -0.140. The van der Waals surface area contributed by atoms with Crippen molar-refractivity contribution in [1.29, 1.82) is 0 Å². The number of rotatable bonds is 4. The number of ether oxygens (including phenoxy) is 2. The second-order valence-electron chi connectivity index (χ2n) is 6.18. The molecule has 1 aliphatic rings. The molecule has 0 aliphatic carbocycles. The summed E-state index contributed by atoms with van der Waals surface area (Å²) in [4.78, 5) is 14.4. The Labute approximate surface area is 151 Å². The molecule has 0 fully saturated rings. The van der Waals surface area contributed by atoms with Gasteiger partial charge in [0.1, 0.15) is 6.61 Å². The topological polar surface area (TPSA) is 56.6 Å². The van der Waals surface area contributed by atoms with Gasteiger partial charge in [-0.1, -0.05) is 24.3 Å². The molecule has 2 heterocycles. The van der Waals surface area contributed by atoms with Crippen LogP contribution >= 0.6 is 0 Å². The van der Waals surface area contributed by atoms with Gasteiger partial charge < -0.3 is 14.4 Å². The molecule has 2 aromatic carbocycles. The van der Waals surface area contributed by atoms with Crippen LogP contribution in [0.3, 0.4) is 0 Å². The molecule has 132 valence electrons. The van der Waals surface area contributed by atoms with Crippen LogP contribution < -0.4 is 9.47 Å². The van der Waals surface area contributed by atoms with Crippen molar-refractivity contribution in [2.45, 2.75) is 12.6 Å². The smallest absolute Gasteiger partial charge is 0.267 e. The summed E-state index contributed by atoms with van der Waals surface area (Å²) in [5.41, 5.74) is 1.98. The molecule has 6 nitrogen and oxygen atoms in total. The first-order valence-corrected chi connectivity index (χ1v) is 8.43. The number of fused-ring (bicyclic) bond motifs is 1. The zero-order valence-corrected chi connectivity index (χ0v) is 14.4. The Balaban J connectivity index is 1.44. The molecule has 26 heavy (non-hydrogen) atoms. The summed E-state index contributed by atoms with van der Waals surface area (Å²) >= 11 is 0. The van der Waals surface area contributed by atoms with E-state index in [9.17, 15) is 4.79 Å². The van der Waals surface area contributed by atoms with Crippen LogP contribution in [-0.2, 0) is 11.3 Å². The maximum Gasteiger partial charge on any atom is 0.267 e. The molecule has 3 aromatic rings. The van der Waals surface area contributed by atoms with Gasteiger partial charge in [0.2, 0.25) is 6.10 Å². The highest BCUT2D eigenvalue weighted by Crippen LogP contribution is 2.31. The Hall–Kier alpha value is -3.28. The number of likely N-dealkylation sites (N-methyl/N-ethyl adjacent to an activating group) is 1. The van der Waals surface area contributed by atoms with Gasteiger partial charge in [0.05, 0.1) is 5.69 Å². The Morgan fingerprint density at radius 1 is 1.19 bits per heavy atom. The third-order valence-corrected chi connectivity index (χ3v) is 4.26. The maximum absolute atomic E-state index is 12.7. The SMILES string of the molecule is CN(Cc1cccc(-n2cccn2)c1)C(=O)C1COc2ccccc2O1. The van der Waals surface area contributed by atoms with Crippen molar-refractivity contribution in [3.05, 3.63) is 72.6 Å². The minimum absolute atomic E-state index is 0.107. The highest BCUT2D eigenvalue weighted by molar-refractivity contribution is 5.81. The first kappa shape index (κ1) is 16.2. The van der Waals surface area contributed by atoms with Gasteiger partial charge in [-0.05, 0) is 35.9 Å². The fraction of sp³-hybridized carbons (Fsp3) is 0.200. The van der Waals surface area contributed by atoms with Gasteiger partial charge in [0.15, 0.2) is 11.5 Å². The van der Waals surface area contributed by atoms with E-state index >= 15 is 0 Å². The number of carbonyl (C=O) groups is 1. The second kappa shape index (κ2) is 6.92. The number of nitrogens with zero attached hydrogens (tertiary/aromatic N) is 3. The number of hydrogen-bond acceptors (Lipinski definition) is 4. The standard InChI is InChI=1S/C20H19N3O3/c1-22(13-15-6-4-7-16(12-15)23-11-5-10-21-23)20(24)19-14-25-17-8-2-3-9-18(17)26-19/h2-12,19H,13-14H2,1H3. The van der Waals surface area contributed by atoms with Crippen LogP contribution in [0.2, 0.25) is 0 Å². The van der Waals surface area contributed by atoms with Crippen molar-refractivity contribution < 1.29 is 14.3 Å². The van der Waals surface area contributed by atoms with E-state index < -0.39 is 6.10 Å². The molecule has 1 aromatic heterocycles. The highest BCUT2D eigenvalue weighted by atomic mass is 16.6. The molecule has 1 unspecified atom stereocenters. The molecular formula is C20H19N3O3. The summed E-state index contributed by atoms with van der Waals surface area (Å²) in [5, 5.41) is 4.24. The third kappa shape index (κ3) is 3.26. The number of amides is 1. The Morgan fingerprint density at radius 3 is 2.85 bits per heavy atom. The van der Waals surface area contributed by atoms with Gasteiger partial charge in [-0.2, -0.15) is 5.10 Å². The van der Waals surface area contributed by atoms with E-state index in [2.05, 4.69) is 5.10 Å². The number of hydrogen-bond donors (Lipinski definition) is 0. The number of carbonyl (C=O) groups excluding carboxylic acids is 1. The average Bonchev–Trinajstić information content (AvgIpc) is 3.22. The van der Waals surface area contributed by atoms with Crippen molar-refractivity contribution in [1.82, 2.24) is 14.7 Å². The van der Waals surface area contributed by atoms with Gasteiger partial charge in [0.25, 0.3) is 5.91 Å². The number of benzene rings is 2. The van der Waals surface area contributed by atoms with Crippen molar-refractivity contribution >= 4 is 5.91 Å². The molecule has 0 saturated carbocycles. The lowest BCUT2D eigenvalue weighted by Crippen LogP contribution is -2.44. The molecule has 0 radical (unpaired) electrons. The summed E-state index contributed by atoms with van der Waals surface area (Å²) < 4.78 is 13.2. The molecule has 4 rings (SSSR count). The van der Waals surface area contributed by atoms with E-state index in [-0.39, 0.29) is 12.5 Å². The summed E-state index contributed by atoms with van der Waals surface area (Å²) in [6, 6.07) is 17.2. The summed E-state index contributed by atoms with van der Waals surface area (Å²) in [7, 11) is 1.77. The van der Waals surface area contributed by atoms with E-state index in [0.29, 0.717) is 18.0 Å². The van der Waals surface area contributed by atoms with Crippen molar-refractivity contribution in [2.75, 3.05) is 13.7 Å². The van der Waals surface area contributed by atoms with Gasteiger partial charge in [-0.15, -0.1) is 0 Å². The van der Waals surface area contributed by atoms with E-state index in [0.717, 1.165) is 11.3 Å². The van der Waals surface area contributed by atoms with Crippen LogP contribution in [0.5, 0.6) is 11.5 Å². The van der Waals surface area contributed by atoms with Crippen LogP contribution in [0.15, 0.2) is 67.0 Å².